The summed E-state index contributed by atoms with van der Waals surface area (Å²) in [7, 11) is 1.24. The van der Waals surface area contributed by atoms with Crippen molar-refractivity contribution in [3.05, 3.63) is 29.8 Å². The lowest BCUT2D eigenvalue weighted by Gasteiger charge is -2.39. The molecule has 2 rings (SSSR count). The van der Waals surface area contributed by atoms with E-state index in [4.69, 9.17) is 14.6 Å². The van der Waals surface area contributed by atoms with E-state index < -0.39 is 43.3 Å². The molecule has 0 aliphatic carbocycles. The van der Waals surface area contributed by atoms with Gasteiger partial charge in [0.15, 0.2) is 0 Å². The lowest BCUT2D eigenvalue weighted by molar-refractivity contribution is -0.277. The minimum Gasteiger partial charge on any atom is -0.465 e. The largest absolute Gasteiger partial charge is 0.465 e. The molecule has 0 aromatic heterocycles. The van der Waals surface area contributed by atoms with Crippen molar-refractivity contribution in [2.75, 3.05) is 13.7 Å². The SMILES string of the molecule is COC(=O)c1cccc(O[C@H]2O[C@H](CO)[C@@H](O)[C@H](O)[C@@H]2O)c1. The molecule has 1 fully saturated rings. The number of methoxy groups -OCH3 is 1. The van der Waals surface area contributed by atoms with E-state index in [0.717, 1.165) is 0 Å². The van der Waals surface area contributed by atoms with Gasteiger partial charge in [0.05, 0.1) is 19.3 Å². The van der Waals surface area contributed by atoms with Gasteiger partial charge in [0.1, 0.15) is 30.2 Å². The number of ether oxygens (including phenoxy) is 3. The van der Waals surface area contributed by atoms with Gasteiger partial charge in [0.2, 0.25) is 6.29 Å². The van der Waals surface area contributed by atoms with Crippen molar-refractivity contribution >= 4 is 5.97 Å². The summed E-state index contributed by atoms with van der Waals surface area (Å²) in [5.41, 5.74) is 0.240. The Kier molecular flexibility index (Phi) is 5.33. The van der Waals surface area contributed by atoms with Crippen LogP contribution in [0.1, 0.15) is 10.4 Å². The summed E-state index contributed by atoms with van der Waals surface area (Å²) in [4.78, 5) is 11.5. The Hall–Kier alpha value is -1.71. The summed E-state index contributed by atoms with van der Waals surface area (Å²) in [6, 6.07) is 5.97. The standard InChI is InChI=1S/C14H18O8/c1-20-13(19)7-3-2-4-8(5-7)21-14-12(18)11(17)10(16)9(6-15)22-14/h2-5,9-12,14-18H,6H2,1H3/t9-,10-,11+,12+,14+/m1/s1. The van der Waals surface area contributed by atoms with Crippen LogP contribution in [0.3, 0.4) is 0 Å². The molecule has 1 aromatic rings. The minimum absolute atomic E-state index is 0.201. The highest BCUT2D eigenvalue weighted by Crippen LogP contribution is 2.24. The molecule has 1 saturated heterocycles. The van der Waals surface area contributed by atoms with Gasteiger partial charge in [-0.1, -0.05) is 6.07 Å². The molecule has 1 heterocycles. The first-order valence-corrected chi connectivity index (χ1v) is 6.63. The van der Waals surface area contributed by atoms with Crippen molar-refractivity contribution in [3.8, 4) is 5.75 Å². The van der Waals surface area contributed by atoms with Crippen LogP contribution in [-0.4, -0.2) is 70.8 Å². The number of carbonyl (C=O) groups excluding carboxylic acids is 1. The number of hydrogen-bond acceptors (Lipinski definition) is 8. The first kappa shape index (κ1) is 16.7. The smallest absolute Gasteiger partial charge is 0.337 e. The van der Waals surface area contributed by atoms with Crippen LogP contribution in [-0.2, 0) is 9.47 Å². The molecule has 1 aromatic carbocycles. The minimum atomic E-state index is -1.53. The topological polar surface area (TPSA) is 126 Å². The summed E-state index contributed by atoms with van der Waals surface area (Å²) in [6.45, 7) is -0.549. The first-order chi connectivity index (χ1) is 10.5. The molecule has 22 heavy (non-hydrogen) atoms. The molecule has 0 amide bonds. The zero-order valence-corrected chi connectivity index (χ0v) is 11.8. The summed E-state index contributed by atoms with van der Waals surface area (Å²) >= 11 is 0. The van der Waals surface area contributed by atoms with E-state index in [-0.39, 0.29) is 11.3 Å². The molecule has 0 bridgehead atoms. The van der Waals surface area contributed by atoms with Gasteiger partial charge in [0, 0.05) is 0 Å². The van der Waals surface area contributed by atoms with E-state index in [1.807, 2.05) is 0 Å². The lowest BCUT2D eigenvalue weighted by atomic mass is 9.99. The molecule has 5 atom stereocenters. The van der Waals surface area contributed by atoms with Gasteiger partial charge in [-0.15, -0.1) is 0 Å². The number of hydrogen-bond donors (Lipinski definition) is 4. The maximum Gasteiger partial charge on any atom is 0.337 e. The third-order valence-electron chi connectivity index (χ3n) is 3.36. The average molecular weight is 314 g/mol. The number of aliphatic hydroxyl groups excluding tert-OH is 4. The molecule has 122 valence electrons. The van der Waals surface area contributed by atoms with Crippen LogP contribution in [0.5, 0.6) is 5.75 Å². The second-order valence-electron chi connectivity index (χ2n) is 4.83. The van der Waals surface area contributed by atoms with Crippen LogP contribution in [0.2, 0.25) is 0 Å². The van der Waals surface area contributed by atoms with Crippen LogP contribution in [0.25, 0.3) is 0 Å². The van der Waals surface area contributed by atoms with Crippen LogP contribution in [0.15, 0.2) is 24.3 Å². The van der Waals surface area contributed by atoms with E-state index >= 15 is 0 Å². The van der Waals surface area contributed by atoms with Gasteiger partial charge in [-0.2, -0.15) is 0 Å². The molecule has 8 nitrogen and oxygen atoms in total. The third kappa shape index (κ3) is 3.37. The van der Waals surface area contributed by atoms with Gasteiger partial charge in [-0.3, -0.25) is 0 Å². The summed E-state index contributed by atoms with van der Waals surface area (Å²) in [5.74, 6) is -0.355. The Morgan fingerprint density at radius 2 is 1.95 bits per heavy atom. The summed E-state index contributed by atoms with van der Waals surface area (Å²) < 4.78 is 15.2. The van der Waals surface area contributed by atoms with Crippen molar-refractivity contribution < 1.29 is 39.4 Å². The van der Waals surface area contributed by atoms with E-state index in [1.165, 1.54) is 25.3 Å². The highest BCUT2D eigenvalue weighted by molar-refractivity contribution is 5.89. The maximum atomic E-state index is 11.5. The zero-order chi connectivity index (χ0) is 16.3. The molecular formula is C14H18O8. The normalized spacial score (nSPS) is 31.6. The van der Waals surface area contributed by atoms with Crippen molar-refractivity contribution in [1.82, 2.24) is 0 Å². The molecule has 0 saturated carbocycles. The lowest BCUT2D eigenvalue weighted by Crippen LogP contribution is -2.60. The van der Waals surface area contributed by atoms with Gasteiger partial charge >= 0.3 is 5.97 Å². The predicted molar refractivity (Wildman–Crippen MR) is 72.2 cm³/mol. The van der Waals surface area contributed by atoms with Gasteiger partial charge in [0.25, 0.3) is 0 Å². The average Bonchev–Trinajstić information content (AvgIpc) is 2.54. The number of rotatable bonds is 4. The second kappa shape index (κ2) is 7.03. The monoisotopic (exact) mass is 314 g/mol. The van der Waals surface area contributed by atoms with Crippen molar-refractivity contribution in [2.24, 2.45) is 0 Å². The molecule has 0 radical (unpaired) electrons. The second-order valence-corrected chi connectivity index (χ2v) is 4.83. The van der Waals surface area contributed by atoms with Crippen LogP contribution < -0.4 is 4.74 Å². The van der Waals surface area contributed by atoms with Gasteiger partial charge in [-0.05, 0) is 18.2 Å². The Balaban J connectivity index is 2.14. The molecule has 1 aliphatic rings. The fourth-order valence-electron chi connectivity index (χ4n) is 2.11. The van der Waals surface area contributed by atoms with Crippen molar-refractivity contribution in [2.45, 2.75) is 30.7 Å². The molecule has 8 heteroatoms. The Morgan fingerprint density at radius 3 is 2.59 bits per heavy atom. The molecular weight excluding hydrogens is 296 g/mol. The zero-order valence-electron chi connectivity index (χ0n) is 11.8. The highest BCUT2D eigenvalue weighted by atomic mass is 16.7. The number of benzene rings is 1. The number of carbonyl (C=O) groups is 1. The highest BCUT2D eigenvalue weighted by Gasteiger charge is 2.44. The maximum absolute atomic E-state index is 11.5. The quantitative estimate of drug-likeness (QED) is 0.503. The fraction of sp³-hybridized carbons (Fsp3) is 0.500. The van der Waals surface area contributed by atoms with Gasteiger partial charge in [-0.25, -0.2) is 4.79 Å². The van der Waals surface area contributed by atoms with E-state index in [9.17, 15) is 20.1 Å². The molecule has 1 aliphatic heterocycles. The van der Waals surface area contributed by atoms with E-state index in [0.29, 0.717) is 0 Å². The molecule has 0 unspecified atom stereocenters. The first-order valence-electron chi connectivity index (χ1n) is 6.63. The Morgan fingerprint density at radius 1 is 1.23 bits per heavy atom. The van der Waals surface area contributed by atoms with Crippen LogP contribution in [0.4, 0.5) is 0 Å². The summed E-state index contributed by atoms with van der Waals surface area (Å²) in [6.07, 6.45) is -6.86. The Labute approximate surface area is 126 Å². The van der Waals surface area contributed by atoms with E-state index in [1.54, 1.807) is 6.07 Å². The third-order valence-corrected chi connectivity index (χ3v) is 3.36. The number of aliphatic hydroxyl groups is 4. The van der Waals surface area contributed by atoms with Crippen LogP contribution in [0, 0.1) is 0 Å². The predicted octanol–water partition coefficient (Wildman–Crippen LogP) is -1.35. The molecule has 4 N–H and O–H groups in total. The molecule has 0 spiro atoms. The fourth-order valence-corrected chi connectivity index (χ4v) is 2.11. The van der Waals surface area contributed by atoms with Crippen LogP contribution >= 0.6 is 0 Å². The number of esters is 1. The Bertz CT molecular complexity index is 517. The summed E-state index contributed by atoms with van der Waals surface area (Å²) in [5, 5.41) is 38.3. The van der Waals surface area contributed by atoms with E-state index in [2.05, 4.69) is 4.74 Å². The van der Waals surface area contributed by atoms with Crippen molar-refractivity contribution in [3.63, 3.8) is 0 Å². The van der Waals surface area contributed by atoms with Gasteiger partial charge < -0.3 is 34.6 Å². The van der Waals surface area contributed by atoms with Crippen molar-refractivity contribution in [1.29, 1.82) is 0 Å².